The first-order chi connectivity index (χ1) is 10.7. The molecule has 1 aromatic heterocycles. The molecular formula is C16H18N2O3S. The number of nitrogens with zero attached hydrogens (tertiary/aromatic N) is 1. The van der Waals surface area contributed by atoms with Crippen molar-refractivity contribution in [1.82, 2.24) is 10.3 Å². The zero-order chi connectivity index (χ0) is 15.5. The topological polar surface area (TPSA) is 60.5 Å². The molecule has 0 saturated heterocycles. The molecule has 116 valence electrons. The van der Waals surface area contributed by atoms with Crippen LogP contribution in [0.1, 0.15) is 23.3 Å². The molecule has 1 aromatic carbocycles. The van der Waals surface area contributed by atoms with Crippen LogP contribution in [0.2, 0.25) is 0 Å². The summed E-state index contributed by atoms with van der Waals surface area (Å²) in [5.74, 6) is 1.88. The fourth-order valence-electron chi connectivity index (χ4n) is 2.13. The van der Waals surface area contributed by atoms with Crippen LogP contribution in [0.4, 0.5) is 0 Å². The molecule has 1 fully saturated rings. The zero-order valence-electron chi connectivity index (χ0n) is 12.6. The minimum absolute atomic E-state index is 0.102. The first-order valence-corrected chi connectivity index (χ1v) is 8.05. The fourth-order valence-corrected chi connectivity index (χ4v) is 2.93. The Balaban J connectivity index is 1.76. The van der Waals surface area contributed by atoms with Gasteiger partial charge in [0.1, 0.15) is 10.7 Å². The predicted octanol–water partition coefficient (Wildman–Crippen LogP) is 2.97. The molecule has 6 heteroatoms. The van der Waals surface area contributed by atoms with Crippen molar-refractivity contribution in [2.45, 2.75) is 12.8 Å². The van der Waals surface area contributed by atoms with Gasteiger partial charge in [-0.1, -0.05) is 0 Å². The summed E-state index contributed by atoms with van der Waals surface area (Å²) in [4.78, 5) is 16.5. The standard InChI is InChI=1S/C16H18N2O3S/c1-20-13-6-5-11(7-14(13)21-2)16-18-12(9-22-16)15(19)17-8-10-3-4-10/h5-7,9-10H,3-4,8H2,1-2H3,(H,17,19). The molecular weight excluding hydrogens is 300 g/mol. The van der Waals surface area contributed by atoms with Gasteiger partial charge in [0.2, 0.25) is 0 Å². The third-order valence-electron chi connectivity index (χ3n) is 3.62. The van der Waals surface area contributed by atoms with E-state index in [0.717, 1.165) is 17.1 Å². The number of amides is 1. The van der Waals surface area contributed by atoms with Crippen LogP contribution >= 0.6 is 11.3 Å². The Morgan fingerprint density at radius 2 is 2.09 bits per heavy atom. The number of methoxy groups -OCH3 is 2. The number of nitrogens with one attached hydrogen (secondary N) is 1. The van der Waals surface area contributed by atoms with Gasteiger partial charge in [-0.2, -0.15) is 0 Å². The van der Waals surface area contributed by atoms with Gasteiger partial charge < -0.3 is 14.8 Å². The number of rotatable bonds is 6. The first kappa shape index (κ1) is 14.8. The second-order valence-corrected chi connectivity index (χ2v) is 6.12. The quantitative estimate of drug-likeness (QED) is 0.889. The number of hydrogen-bond donors (Lipinski definition) is 1. The molecule has 0 spiro atoms. The van der Waals surface area contributed by atoms with Gasteiger partial charge in [0.05, 0.1) is 14.2 Å². The van der Waals surface area contributed by atoms with E-state index in [1.807, 2.05) is 18.2 Å². The highest BCUT2D eigenvalue weighted by Crippen LogP contribution is 2.33. The van der Waals surface area contributed by atoms with Gasteiger partial charge >= 0.3 is 0 Å². The monoisotopic (exact) mass is 318 g/mol. The smallest absolute Gasteiger partial charge is 0.270 e. The van der Waals surface area contributed by atoms with E-state index in [1.54, 1.807) is 19.6 Å². The summed E-state index contributed by atoms with van der Waals surface area (Å²) in [6.45, 7) is 0.752. The lowest BCUT2D eigenvalue weighted by Crippen LogP contribution is -2.25. The Labute approximate surface area is 133 Å². The molecule has 1 heterocycles. The van der Waals surface area contributed by atoms with Crippen molar-refractivity contribution < 1.29 is 14.3 Å². The Morgan fingerprint density at radius 1 is 1.32 bits per heavy atom. The summed E-state index contributed by atoms with van der Waals surface area (Å²) in [5, 5.41) is 5.50. The fraction of sp³-hybridized carbons (Fsp3) is 0.375. The van der Waals surface area contributed by atoms with E-state index in [0.29, 0.717) is 23.1 Å². The number of carbonyl (C=O) groups excluding carboxylic acids is 1. The molecule has 0 radical (unpaired) electrons. The molecule has 5 nitrogen and oxygen atoms in total. The molecule has 0 bridgehead atoms. The average Bonchev–Trinajstić information content (AvgIpc) is 3.25. The summed E-state index contributed by atoms with van der Waals surface area (Å²) in [7, 11) is 3.20. The molecule has 1 aliphatic carbocycles. The van der Waals surface area contributed by atoms with Crippen LogP contribution in [-0.4, -0.2) is 31.7 Å². The van der Waals surface area contributed by atoms with Gasteiger partial charge in [0, 0.05) is 17.5 Å². The molecule has 1 N–H and O–H groups in total. The minimum Gasteiger partial charge on any atom is -0.493 e. The van der Waals surface area contributed by atoms with Crippen LogP contribution < -0.4 is 14.8 Å². The lowest BCUT2D eigenvalue weighted by atomic mass is 10.2. The van der Waals surface area contributed by atoms with Crippen molar-refractivity contribution >= 4 is 17.2 Å². The second kappa shape index (κ2) is 6.36. The van der Waals surface area contributed by atoms with Gasteiger partial charge in [-0.25, -0.2) is 4.98 Å². The first-order valence-electron chi connectivity index (χ1n) is 7.17. The van der Waals surface area contributed by atoms with Crippen molar-refractivity contribution in [2.24, 2.45) is 5.92 Å². The highest BCUT2D eigenvalue weighted by Gasteiger charge is 2.22. The highest BCUT2D eigenvalue weighted by atomic mass is 32.1. The zero-order valence-corrected chi connectivity index (χ0v) is 13.4. The van der Waals surface area contributed by atoms with Gasteiger partial charge in [-0.15, -0.1) is 11.3 Å². The van der Waals surface area contributed by atoms with Crippen LogP contribution in [0.5, 0.6) is 11.5 Å². The maximum Gasteiger partial charge on any atom is 0.270 e. The van der Waals surface area contributed by atoms with E-state index in [-0.39, 0.29) is 5.91 Å². The van der Waals surface area contributed by atoms with Crippen LogP contribution in [0.15, 0.2) is 23.6 Å². The Kier molecular flexibility index (Phi) is 4.29. The normalized spacial score (nSPS) is 13.7. The summed E-state index contributed by atoms with van der Waals surface area (Å²) < 4.78 is 10.5. The Morgan fingerprint density at radius 3 is 2.77 bits per heavy atom. The van der Waals surface area contributed by atoms with Crippen molar-refractivity contribution in [1.29, 1.82) is 0 Å². The highest BCUT2D eigenvalue weighted by molar-refractivity contribution is 7.13. The van der Waals surface area contributed by atoms with Crippen LogP contribution in [-0.2, 0) is 0 Å². The van der Waals surface area contributed by atoms with Crippen LogP contribution in [0.3, 0.4) is 0 Å². The SMILES string of the molecule is COc1ccc(-c2nc(C(=O)NCC3CC3)cs2)cc1OC. The van der Waals surface area contributed by atoms with E-state index in [1.165, 1.54) is 24.2 Å². The summed E-state index contributed by atoms with van der Waals surface area (Å²) >= 11 is 1.45. The molecule has 0 unspecified atom stereocenters. The molecule has 22 heavy (non-hydrogen) atoms. The number of thiazole rings is 1. The van der Waals surface area contributed by atoms with E-state index < -0.39 is 0 Å². The molecule has 0 atom stereocenters. The molecule has 1 saturated carbocycles. The van der Waals surface area contributed by atoms with Crippen LogP contribution in [0, 0.1) is 5.92 Å². The number of hydrogen-bond acceptors (Lipinski definition) is 5. The predicted molar refractivity (Wildman–Crippen MR) is 85.7 cm³/mol. The average molecular weight is 318 g/mol. The van der Waals surface area contributed by atoms with Gasteiger partial charge in [-0.05, 0) is 37.0 Å². The van der Waals surface area contributed by atoms with Crippen molar-refractivity contribution in [3.05, 3.63) is 29.3 Å². The van der Waals surface area contributed by atoms with Gasteiger partial charge in [-0.3, -0.25) is 4.79 Å². The molecule has 1 aliphatic rings. The van der Waals surface area contributed by atoms with E-state index in [2.05, 4.69) is 10.3 Å². The maximum absolute atomic E-state index is 12.0. The third kappa shape index (κ3) is 3.22. The summed E-state index contributed by atoms with van der Waals surface area (Å²) in [6.07, 6.45) is 2.43. The number of carbonyl (C=O) groups is 1. The Hall–Kier alpha value is -2.08. The lowest BCUT2D eigenvalue weighted by Gasteiger charge is -2.08. The second-order valence-electron chi connectivity index (χ2n) is 5.26. The van der Waals surface area contributed by atoms with Crippen LogP contribution in [0.25, 0.3) is 10.6 Å². The molecule has 3 rings (SSSR count). The molecule has 2 aromatic rings. The summed E-state index contributed by atoms with van der Waals surface area (Å²) in [6, 6.07) is 5.61. The summed E-state index contributed by atoms with van der Waals surface area (Å²) in [5.41, 5.74) is 1.37. The van der Waals surface area contributed by atoms with Gasteiger partial charge in [0.15, 0.2) is 11.5 Å². The third-order valence-corrected chi connectivity index (χ3v) is 4.51. The van der Waals surface area contributed by atoms with Gasteiger partial charge in [0.25, 0.3) is 5.91 Å². The number of ether oxygens (including phenoxy) is 2. The maximum atomic E-state index is 12.0. The van der Waals surface area contributed by atoms with Crippen molar-refractivity contribution in [2.75, 3.05) is 20.8 Å². The largest absolute Gasteiger partial charge is 0.493 e. The van der Waals surface area contributed by atoms with E-state index in [9.17, 15) is 4.79 Å². The number of benzene rings is 1. The van der Waals surface area contributed by atoms with Crippen molar-refractivity contribution in [3.63, 3.8) is 0 Å². The van der Waals surface area contributed by atoms with E-state index >= 15 is 0 Å². The van der Waals surface area contributed by atoms with E-state index in [4.69, 9.17) is 9.47 Å². The van der Waals surface area contributed by atoms with Crippen molar-refractivity contribution in [3.8, 4) is 22.1 Å². The minimum atomic E-state index is -0.102. The Bertz CT molecular complexity index is 680. The molecule has 0 aliphatic heterocycles. The molecule has 1 amide bonds. The lowest BCUT2D eigenvalue weighted by molar-refractivity contribution is 0.0947. The number of aromatic nitrogens is 1.